The van der Waals surface area contributed by atoms with Crippen molar-refractivity contribution < 1.29 is 9.53 Å². The second-order valence-electron chi connectivity index (χ2n) is 4.55. The summed E-state index contributed by atoms with van der Waals surface area (Å²) in [6.45, 7) is 7.91. The van der Waals surface area contributed by atoms with Crippen LogP contribution in [0.2, 0.25) is 0 Å². The summed E-state index contributed by atoms with van der Waals surface area (Å²) in [4.78, 5) is 27.6. The number of aromatic nitrogens is 3. The van der Waals surface area contributed by atoms with E-state index in [1.807, 2.05) is 20.8 Å². The van der Waals surface area contributed by atoms with E-state index < -0.39 is 0 Å². The standard InChI is InChI=1S/C13H24N6O2/c1-5-8-21-13-16-11(14)15-12(17-13)18(4)9-10(20)19(6-2)7-3/h5-9H2,1-4H3,(H2,14,15,16,17). The fourth-order valence-electron chi connectivity index (χ4n) is 1.74. The van der Waals surface area contributed by atoms with Crippen LogP contribution in [0.1, 0.15) is 27.2 Å². The maximum absolute atomic E-state index is 12.1. The first kappa shape index (κ1) is 16.9. The normalized spacial score (nSPS) is 10.3. The molecule has 2 N–H and O–H groups in total. The van der Waals surface area contributed by atoms with E-state index in [-0.39, 0.29) is 24.4 Å². The van der Waals surface area contributed by atoms with Gasteiger partial charge in [0.05, 0.1) is 13.2 Å². The first-order valence-corrected chi connectivity index (χ1v) is 7.15. The van der Waals surface area contributed by atoms with Gasteiger partial charge in [-0.15, -0.1) is 0 Å². The molecule has 0 bridgehead atoms. The maximum atomic E-state index is 12.1. The average molecular weight is 296 g/mol. The molecule has 0 aliphatic heterocycles. The predicted octanol–water partition coefficient (Wildman–Crippen LogP) is 0.547. The van der Waals surface area contributed by atoms with Crippen LogP contribution in [0.15, 0.2) is 0 Å². The van der Waals surface area contributed by atoms with Crippen LogP contribution in [0.5, 0.6) is 6.01 Å². The second-order valence-corrected chi connectivity index (χ2v) is 4.55. The molecule has 0 aliphatic carbocycles. The van der Waals surface area contributed by atoms with Crippen LogP contribution in [-0.4, -0.2) is 59.0 Å². The molecule has 0 aliphatic rings. The molecule has 21 heavy (non-hydrogen) atoms. The Hall–Kier alpha value is -2.12. The van der Waals surface area contributed by atoms with E-state index in [2.05, 4.69) is 15.0 Å². The summed E-state index contributed by atoms with van der Waals surface area (Å²) in [5.74, 6) is 0.417. The maximum Gasteiger partial charge on any atom is 0.323 e. The molecule has 0 atom stereocenters. The van der Waals surface area contributed by atoms with E-state index in [0.29, 0.717) is 25.6 Å². The lowest BCUT2D eigenvalue weighted by Gasteiger charge is -2.23. The zero-order valence-electron chi connectivity index (χ0n) is 13.2. The summed E-state index contributed by atoms with van der Waals surface area (Å²) in [5, 5.41) is 0. The Morgan fingerprint density at radius 2 is 1.86 bits per heavy atom. The van der Waals surface area contributed by atoms with Crippen molar-refractivity contribution in [1.82, 2.24) is 19.9 Å². The van der Waals surface area contributed by atoms with Crippen molar-refractivity contribution in [2.24, 2.45) is 0 Å². The minimum absolute atomic E-state index is 0.0116. The molecule has 0 saturated carbocycles. The largest absolute Gasteiger partial charge is 0.463 e. The molecule has 8 heteroatoms. The smallest absolute Gasteiger partial charge is 0.323 e. The first-order valence-electron chi connectivity index (χ1n) is 7.15. The van der Waals surface area contributed by atoms with E-state index in [0.717, 1.165) is 6.42 Å². The number of rotatable bonds is 8. The van der Waals surface area contributed by atoms with Gasteiger partial charge in [0.2, 0.25) is 17.8 Å². The molecule has 1 heterocycles. The van der Waals surface area contributed by atoms with Crippen LogP contribution in [0.4, 0.5) is 11.9 Å². The number of nitrogens with zero attached hydrogens (tertiary/aromatic N) is 5. The van der Waals surface area contributed by atoms with E-state index in [9.17, 15) is 4.79 Å². The summed E-state index contributed by atoms with van der Waals surface area (Å²) in [5.41, 5.74) is 5.65. The molecule has 0 radical (unpaired) electrons. The van der Waals surface area contributed by atoms with E-state index >= 15 is 0 Å². The number of hydrogen-bond donors (Lipinski definition) is 1. The van der Waals surface area contributed by atoms with Crippen LogP contribution in [0.25, 0.3) is 0 Å². The summed E-state index contributed by atoms with van der Waals surface area (Å²) >= 11 is 0. The van der Waals surface area contributed by atoms with Gasteiger partial charge in [-0.2, -0.15) is 15.0 Å². The van der Waals surface area contributed by atoms with Gasteiger partial charge in [0.25, 0.3) is 0 Å². The van der Waals surface area contributed by atoms with E-state index in [1.54, 1.807) is 16.8 Å². The van der Waals surface area contributed by atoms with Crippen LogP contribution >= 0.6 is 0 Å². The highest BCUT2D eigenvalue weighted by molar-refractivity contribution is 5.80. The molecule has 0 spiro atoms. The SMILES string of the molecule is CCCOc1nc(N)nc(N(C)CC(=O)N(CC)CC)n1. The number of likely N-dealkylation sites (N-methyl/N-ethyl adjacent to an activating group) is 2. The third-order valence-electron chi connectivity index (χ3n) is 2.89. The predicted molar refractivity (Wildman–Crippen MR) is 81.2 cm³/mol. The van der Waals surface area contributed by atoms with Crippen molar-refractivity contribution in [2.45, 2.75) is 27.2 Å². The Morgan fingerprint density at radius 3 is 2.43 bits per heavy atom. The van der Waals surface area contributed by atoms with Crippen LogP contribution in [-0.2, 0) is 4.79 Å². The molecule has 1 amide bonds. The molecule has 0 fully saturated rings. The van der Waals surface area contributed by atoms with Gasteiger partial charge < -0.3 is 20.3 Å². The summed E-state index contributed by atoms with van der Waals surface area (Å²) in [7, 11) is 1.74. The van der Waals surface area contributed by atoms with E-state index in [1.165, 1.54) is 0 Å². The average Bonchev–Trinajstić information content (AvgIpc) is 2.45. The molecule has 0 aromatic carbocycles. The zero-order chi connectivity index (χ0) is 15.8. The van der Waals surface area contributed by atoms with Crippen molar-refractivity contribution >= 4 is 17.8 Å². The zero-order valence-corrected chi connectivity index (χ0v) is 13.2. The molecule has 1 aromatic heterocycles. The lowest BCUT2D eigenvalue weighted by Crippen LogP contribution is -2.39. The minimum Gasteiger partial charge on any atom is -0.463 e. The number of carbonyl (C=O) groups is 1. The Balaban J connectivity index is 2.79. The lowest BCUT2D eigenvalue weighted by atomic mass is 10.4. The quantitative estimate of drug-likeness (QED) is 0.748. The lowest BCUT2D eigenvalue weighted by molar-refractivity contribution is -0.129. The van der Waals surface area contributed by atoms with Crippen LogP contribution < -0.4 is 15.4 Å². The summed E-state index contributed by atoms with van der Waals surface area (Å²) in [6, 6.07) is 0.182. The second kappa shape index (κ2) is 8.23. The number of nitrogens with two attached hydrogens (primary N) is 1. The van der Waals surface area contributed by atoms with E-state index in [4.69, 9.17) is 10.5 Å². The van der Waals surface area contributed by atoms with Gasteiger partial charge in [-0.25, -0.2) is 0 Å². The Morgan fingerprint density at radius 1 is 1.19 bits per heavy atom. The number of hydrogen-bond acceptors (Lipinski definition) is 7. The Bertz CT molecular complexity index is 464. The molecule has 1 aromatic rings. The third kappa shape index (κ3) is 5.05. The van der Waals surface area contributed by atoms with Gasteiger partial charge in [-0.1, -0.05) is 6.92 Å². The highest BCUT2D eigenvalue weighted by Gasteiger charge is 2.16. The number of nitrogen functional groups attached to an aromatic ring is 1. The van der Waals surface area contributed by atoms with Gasteiger partial charge >= 0.3 is 6.01 Å². The first-order chi connectivity index (χ1) is 10.0. The van der Waals surface area contributed by atoms with Gasteiger partial charge in [0.15, 0.2) is 0 Å². The van der Waals surface area contributed by atoms with Crippen molar-refractivity contribution in [3.63, 3.8) is 0 Å². The number of amides is 1. The number of carbonyl (C=O) groups excluding carboxylic acids is 1. The topological polar surface area (TPSA) is 97.5 Å². The van der Waals surface area contributed by atoms with Crippen molar-refractivity contribution in [1.29, 1.82) is 0 Å². The Kier molecular flexibility index (Phi) is 6.64. The van der Waals surface area contributed by atoms with Crippen molar-refractivity contribution in [2.75, 3.05) is 43.9 Å². The minimum atomic E-state index is 0.0116. The molecular formula is C13H24N6O2. The highest BCUT2D eigenvalue weighted by Crippen LogP contribution is 2.12. The van der Waals surface area contributed by atoms with Crippen molar-refractivity contribution in [3.8, 4) is 6.01 Å². The third-order valence-corrected chi connectivity index (χ3v) is 2.89. The summed E-state index contributed by atoms with van der Waals surface area (Å²) in [6.07, 6.45) is 0.844. The van der Waals surface area contributed by atoms with Crippen LogP contribution in [0.3, 0.4) is 0 Å². The van der Waals surface area contributed by atoms with Crippen molar-refractivity contribution in [3.05, 3.63) is 0 Å². The molecule has 0 unspecified atom stereocenters. The van der Waals surface area contributed by atoms with Gasteiger partial charge in [0.1, 0.15) is 0 Å². The summed E-state index contributed by atoms with van der Waals surface area (Å²) < 4.78 is 5.36. The molecular weight excluding hydrogens is 272 g/mol. The van der Waals surface area contributed by atoms with Gasteiger partial charge in [-0.3, -0.25) is 4.79 Å². The van der Waals surface area contributed by atoms with Gasteiger partial charge in [0, 0.05) is 20.1 Å². The van der Waals surface area contributed by atoms with Crippen LogP contribution in [0, 0.1) is 0 Å². The molecule has 0 saturated heterocycles. The molecule has 1 rings (SSSR count). The Labute approximate surface area is 125 Å². The van der Waals surface area contributed by atoms with Gasteiger partial charge in [-0.05, 0) is 20.3 Å². The molecule has 8 nitrogen and oxygen atoms in total. The monoisotopic (exact) mass is 296 g/mol. The number of anilines is 2. The fourth-order valence-corrected chi connectivity index (χ4v) is 1.74. The fraction of sp³-hybridized carbons (Fsp3) is 0.692. The number of ether oxygens (including phenoxy) is 1. The molecule has 118 valence electrons. The highest BCUT2D eigenvalue weighted by atomic mass is 16.5.